The Morgan fingerprint density at radius 2 is 2.00 bits per heavy atom. The van der Waals surface area contributed by atoms with Crippen molar-refractivity contribution in [3.05, 3.63) is 53.1 Å². The normalized spacial score (nSPS) is 20.1. The summed E-state index contributed by atoms with van der Waals surface area (Å²) in [5.41, 5.74) is 4.60. The molecule has 0 unspecified atom stereocenters. The van der Waals surface area contributed by atoms with Gasteiger partial charge >= 0.3 is 0 Å². The monoisotopic (exact) mass is 322 g/mol. The second kappa shape index (κ2) is 5.91. The second-order valence-electron chi connectivity index (χ2n) is 6.77. The molecule has 1 aromatic carbocycles. The lowest BCUT2D eigenvalue weighted by atomic mass is 9.80. The molecule has 3 aromatic rings. The van der Waals surface area contributed by atoms with E-state index in [1.54, 1.807) is 0 Å². The minimum Gasteiger partial charge on any atom is -0.393 e. The number of hydrogen-bond acceptors (Lipinski definition) is 4. The van der Waals surface area contributed by atoms with Gasteiger partial charge in [-0.25, -0.2) is 9.97 Å². The topological polar surface area (TPSA) is 73.8 Å². The van der Waals surface area contributed by atoms with Gasteiger partial charge in [0.1, 0.15) is 11.6 Å². The highest BCUT2D eigenvalue weighted by Gasteiger charge is 2.30. The Kier molecular flexibility index (Phi) is 3.73. The summed E-state index contributed by atoms with van der Waals surface area (Å²) in [6.07, 6.45) is 1.44. The van der Waals surface area contributed by atoms with Crippen molar-refractivity contribution in [2.75, 3.05) is 5.32 Å². The molecule has 3 N–H and O–H groups in total. The number of hydrogen-bond donors (Lipinski definition) is 3. The van der Waals surface area contributed by atoms with E-state index >= 15 is 0 Å². The van der Waals surface area contributed by atoms with Crippen LogP contribution in [-0.2, 0) is 6.54 Å². The zero-order chi connectivity index (χ0) is 16.7. The van der Waals surface area contributed by atoms with Crippen LogP contribution >= 0.6 is 0 Å². The van der Waals surface area contributed by atoms with Crippen LogP contribution in [0, 0.1) is 13.8 Å². The van der Waals surface area contributed by atoms with Crippen molar-refractivity contribution in [2.45, 2.75) is 45.3 Å². The van der Waals surface area contributed by atoms with Crippen LogP contribution in [0.25, 0.3) is 10.9 Å². The lowest BCUT2D eigenvalue weighted by Gasteiger charge is -2.31. The van der Waals surface area contributed by atoms with Gasteiger partial charge in [0.05, 0.1) is 6.10 Å². The van der Waals surface area contributed by atoms with Gasteiger partial charge in [0.15, 0.2) is 0 Å². The fourth-order valence-electron chi connectivity index (χ4n) is 3.35. The van der Waals surface area contributed by atoms with Crippen LogP contribution in [0.3, 0.4) is 0 Å². The van der Waals surface area contributed by atoms with E-state index in [1.165, 1.54) is 22.2 Å². The number of H-pyrrole nitrogens is 1. The molecule has 1 aliphatic carbocycles. The van der Waals surface area contributed by atoms with Gasteiger partial charge in [-0.05, 0) is 55.8 Å². The summed E-state index contributed by atoms with van der Waals surface area (Å²) >= 11 is 0. The number of aliphatic hydroxyl groups excluding tert-OH is 1. The second-order valence-corrected chi connectivity index (χ2v) is 6.77. The zero-order valence-electron chi connectivity index (χ0n) is 14.0. The number of aliphatic hydroxyl groups is 1. The molecule has 4 rings (SSSR count). The predicted octanol–water partition coefficient (Wildman–Crippen LogP) is 3.43. The molecule has 1 fully saturated rings. The summed E-state index contributed by atoms with van der Waals surface area (Å²) in [5, 5.41) is 14.1. The molecule has 5 nitrogen and oxygen atoms in total. The third-order valence-electron chi connectivity index (χ3n) is 4.68. The summed E-state index contributed by atoms with van der Waals surface area (Å²) in [5.74, 6) is 1.98. The molecular formula is C19H22N4O. The van der Waals surface area contributed by atoms with Crippen molar-refractivity contribution in [1.82, 2.24) is 15.0 Å². The van der Waals surface area contributed by atoms with E-state index in [2.05, 4.69) is 51.5 Å². The highest BCUT2D eigenvalue weighted by molar-refractivity contribution is 5.81. The first kappa shape index (κ1) is 15.1. The number of rotatable bonds is 4. The van der Waals surface area contributed by atoms with E-state index < -0.39 is 0 Å². The maximum atomic E-state index is 9.50. The number of fused-ring (bicyclic) bond motifs is 1. The lowest BCUT2D eigenvalue weighted by molar-refractivity contribution is 0.0731. The standard InChI is InChI=1S/C19H22N4O/c1-11-5-14-6-13(3-4-17(14)21-11)10-20-19-9-18(22-12(2)23-19)15-7-16(24)8-15/h3-6,9,15-16,21,24H,7-8,10H2,1-2H3,(H,20,22,23). The first-order valence-corrected chi connectivity index (χ1v) is 8.42. The van der Waals surface area contributed by atoms with Gasteiger partial charge in [0.2, 0.25) is 0 Å². The Labute approximate surface area is 141 Å². The van der Waals surface area contributed by atoms with E-state index in [0.717, 1.165) is 36.7 Å². The van der Waals surface area contributed by atoms with Gasteiger partial charge in [0.25, 0.3) is 0 Å². The number of benzene rings is 1. The van der Waals surface area contributed by atoms with Gasteiger partial charge in [-0.1, -0.05) is 6.07 Å². The molecule has 1 aliphatic rings. The van der Waals surface area contributed by atoms with E-state index in [1.807, 2.05) is 13.0 Å². The Morgan fingerprint density at radius 3 is 2.79 bits per heavy atom. The van der Waals surface area contributed by atoms with Gasteiger partial charge in [-0.15, -0.1) is 0 Å². The van der Waals surface area contributed by atoms with Crippen molar-refractivity contribution in [3.63, 3.8) is 0 Å². The number of nitrogens with zero attached hydrogens (tertiary/aromatic N) is 2. The summed E-state index contributed by atoms with van der Waals surface area (Å²) < 4.78 is 0. The van der Waals surface area contributed by atoms with Gasteiger partial charge in [-0.3, -0.25) is 0 Å². The molecule has 1 saturated carbocycles. The van der Waals surface area contributed by atoms with Crippen LogP contribution < -0.4 is 5.32 Å². The Hall–Kier alpha value is -2.40. The van der Waals surface area contributed by atoms with Crippen LogP contribution in [0.2, 0.25) is 0 Å². The highest BCUT2D eigenvalue weighted by atomic mass is 16.3. The van der Waals surface area contributed by atoms with Crippen molar-refractivity contribution >= 4 is 16.7 Å². The Bertz CT molecular complexity index is 880. The van der Waals surface area contributed by atoms with Gasteiger partial charge in [0, 0.05) is 35.4 Å². The molecule has 0 spiro atoms. The molecule has 0 bridgehead atoms. The molecule has 0 amide bonds. The maximum absolute atomic E-state index is 9.50. The number of aryl methyl sites for hydroxylation is 2. The van der Waals surface area contributed by atoms with Crippen LogP contribution in [0.5, 0.6) is 0 Å². The summed E-state index contributed by atoms with van der Waals surface area (Å²) in [6, 6.07) is 10.6. The van der Waals surface area contributed by atoms with E-state index in [-0.39, 0.29) is 6.10 Å². The molecule has 0 atom stereocenters. The zero-order valence-corrected chi connectivity index (χ0v) is 14.0. The minimum absolute atomic E-state index is 0.168. The molecule has 124 valence electrons. The summed E-state index contributed by atoms with van der Waals surface area (Å²) in [7, 11) is 0. The number of nitrogens with one attached hydrogen (secondary N) is 2. The number of anilines is 1. The van der Waals surface area contributed by atoms with E-state index in [4.69, 9.17) is 0 Å². The van der Waals surface area contributed by atoms with Crippen molar-refractivity contribution in [2.24, 2.45) is 0 Å². The Balaban J connectivity index is 1.49. The van der Waals surface area contributed by atoms with Crippen molar-refractivity contribution in [1.29, 1.82) is 0 Å². The first-order valence-electron chi connectivity index (χ1n) is 8.42. The fraction of sp³-hybridized carbons (Fsp3) is 0.368. The minimum atomic E-state index is -0.168. The smallest absolute Gasteiger partial charge is 0.130 e. The molecule has 5 heteroatoms. The highest BCUT2D eigenvalue weighted by Crippen LogP contribution is 2.36. The summed E-state index contributed by atoms with van der Waals surface area (Å²) in [4.78, 5) is 12.3. The van der Waals surface area contributed by atoms with Crippen molar-refractivity contribution in [3.8, 4) is 0 Å². The average Bonchev–Trinajstić information content (AvgIpc) is 2.88. The van der Waals surface area contributed by atoms with Crippen LogP contribution in [-0.4, -0.2) is 26.2 Å². The molecule has 2 aromatic heterocycles. The quantitative estimate of drug-likeness (QED) is 0.688. The molecule has 0 aliphatic heterocycles. The van der Waals surface area contributed by atoms with Crippen LogP contribution in [0.1, 0.15) is 41.5 Å². The maximum Gasteiger partial charge on any atom is 0.130 e. The fourth-order valence-corrected chi connectivity index (χ4v) is 3.35. The number of aromatic nitrogens is 3. The third kappa shape index (κ3) is 2.99. The van der Waals surface area contributed by atoms with E-state index in [0.29, 0.717) is 5.92 Å². The van der Waals surface area contributed by atoms with E-state index in [9.17, 15) is 5.11 Å². The molecule has 0 saturated heterocycles. The number of aromatic amines is 1. The molecule has 2 heterocycles. The lowest BCUT2D eigenvalue weighted by Crippen LogP contribution is -2.27. The van der Waals surface area contributed by atoms with Crippen LogP contribution in [0.4, 0.5) is 5.82 Å². The van der Waals surface area contributed by atoms with Crippen LogP contribution in [0.15, 0.2) is 30.3 Å². The predicted molar refractivity (Wildman–Crippen MR) is 95.1 cm³/mol. The molecular weight excluding hydrogens is 300 g/mol. The summed E-state index contributed by atoms with van der Waals surface area (Å²) in [6.45, 7) is 4.71. The molecule has 24 heavy (non-hydrogen) atoms. The van der Waals surface area contributed by atoms with Gasteiger partial charge in [-0.2, -0.15) is 0 Å². The third-order valence-corrected chi connectivity index (χ3v) is 4.68. The first-order chi connectivity index (χ1) is 11.6. The molecule has 0 radical (unpaired) electrons. The average molecular weight is 322 g/mol. The SMILES string of the molecule is Cc1nc(NCc2ccc3[nH]c(C)cc3c2)cc(C2CC(O)C2)n1. The largest absolute Gasteiger partial charge is 0.393 e. The van der Waals surface area contributed by atoms with Gasteiger partial charge < -0.3 is 15.4 Å². The Morgan fingerprint density at radius 1 is 1.17 bits per heavy atom. The van der Waals surface area contributed by atoms with Crippen molar-refractivity contribution < 1.29 is 5.11 Å².